The first-order valence-corrected chi connectivity index (χ1v) is 7.56. The molecule has 5 nitrogen and oxygen atoms in total. The largest absolute Gasteiger partial charge is 0.477 e. The van der Waals surface area contributed by atoms with Crippen LogP contribution in [0.15, 0.2) is 12.1 Å². The lowest BCUT2D eigenvalue weighted by Gasteiger charge is -2.24. The smallest absolute Gasteiger partial charge is 0.345 e. The van der Waals surface area contributed by atoms with E-state index in [1.54, 1.807) is 18.0 Å². The Balaban J connectivity index is 1.85. The van der Waals surface area contributed by atoms with Gasteiger partial charge in [0.05, 0.1) is 4.88 Å². The number of ether oxygens (including phenoxy) is 1. The molecule has 1 amide bonds. The molecule has 0 spiro atoms. The van der Waals surface area contributed by atoms with Crippen LogP contribution >= 0.6 is 11.3 Å². The Hall–Kier alpha value is -1.40. The fourth-order valence-electron chi connectivity index (χ4n) is 2.27. The molecule has 0 atom stereocenters. The summed E-state index contributed by atoms with van der Waals surface area (Å²) in [6.45, 7) is 2.33. The number of amides is 1. The molecule has 1 aromatic heterocycles. The van der Waals surface area contributed by atoms with E-state index < -0.39 is 5.97 Å². The van der Waals surface area contributed by atoms with Gasteiger partial charge < -0.3 is 14.7 Å². The number of hydrogen-bond donors (Lipinski definition) is 1. The van der Waals surface area contributed by atoms with E-state index in [-0.39, 0.29) is 10.8 Å². The van der Waals surface area contributed by atoms with Crippen LogP contribution < -0.4 is 0 Å². The zero-order chi connectivity index (χ0) is 14.5. The lowest BCUT2D eigenvalue weighted by molar-refractivity contribution is 0.0584. The first kappa shape index (κ1) is 15.0. The van der Waals surface area contributed by atoms with Gasteiger partial charge in [0.15, 0.2) is 0 Å². The number of carbonyl (C=O) groups is 2. The van der Waals surface area contributed by atoms with E-state index in [9.17, 15) is 9.59 Å². The molecule has 20 heavy (non-hydrogen) atoms. The third-order valence-corrected chi connectivity index (χ3v) is 4.65. The van der Waals surface area contributed by atoms with Gasteiger partial charge in [-0.1, -0.05) is 0 Å². The van der Waals surface area contributed by atoms with Crippen molar-refractivity contribution >= 4 is 23.2 Å². The first-order chi connectivity index (χ1) is 9.58. The van der Waals surface area contributed by atoms with E-state index in [4.69, 9.17) is 9.84 Å². The zero-order valence-corrected chi connectivity index (χ0v) is 12.3. The number of carboxylic acids is 1. The van der Waals surface area contributed by atoms with E-state index >= 15 is 0 Å². The maximum atomic E-state index is 12.2. The SMILES string of the molecule is CN(CCC1CCOCC1)C(=O)c1ccc(C(=O)O)s1. The van der Waals surface area contributed by atoms with Crippen molar-refractivity contribution in [3.8, 4) is 0 Å². The molecule has 0 aliphatic carbocycles. The van der Waals surface area contributed by atoms with Crippen molar-refractivity contribution in [3.63, 3.8) is 0 Å². The predicted octanol–water partition coefficient (Wildman–Crippen LogP) is 2.33. The molecule has 2 heterocycles. The molecule has 1 saturated heterocycles. The van der Waals surface area contributed by atoms with Gasteiger partial charge in [0.2, 0.25) is 0 Å². The zero-order valence-electron chi connectivity index (χ0n) is 11.5. The summed E-state index contributed by atoms with van der Waals surface area (Å²) in [6.07, 6.45) is 3.09. The number of rotatable bonds is 5. The number of carboxylic acid groups (broad SMARTS) is 1. The summed E-state index contributed by atoms with van der Waals surface area (Å²) in [5, 5.41) is 8.87. The molecule has 0 bridgehead atoms. The predicted molar refractivity (Wildman–Crippen MR) is 76.4 cm³/mol. The molecule has 0 radical (unpaired) electrons. The molecular formula is C14H19NO4S. The van der Waals surface area contributed by atoms with Crippen LogP contribution in [-0.4, -0.2) is 48.7 Å². The second-order valence-electron chi connectivity index (χ2n) is 5.04. The number of thiophene rings is 1. The summed E-state index contributed by atoms with van der Waals surface area (Å²) < 4.78 is 5.31. The lowest BCUT2D eigenvalue weighted by atomic mass is 9.96. The lowest BCUT2D eigenvalue weighted by Crippen LogP contribution is -2.29. The van der Waals surface area contributed by atoms with Crippen molar-refractivity contribution in [2.24, 2.45) is 5.92 Å². The molecular weight excluding hydrogens is 278 g/mol. The van der Waals surface area contributed by atoms with Gasteiger partial charge in [-0.2, -0.15) is 0 Å². The maximum Gasteiger partial charge on any atom is 0.345 e. The molecule has 0 unspecified atom stereocenters. The Kier molecular flexibility index (Phi) is 5.14. The summed E-state index contributed by atoms with van der Waals surface area (Å²) in [7, 11) is 1.77. The van der Waals surface area contributed by atoms with Crippen molar-refractivity contribution < 1.29 is 19.4 Å². The molecule has 6 heteroatoms. The maximum absolute atomic E-state index is 12.2. The second kappa shape index (κ2) is 6.85. The van der Waals surface area contributed by atoms with E-state index in [1.807, 2.05) is 0 Å². The number of nitrogens with zero attached hydrogens (tertiary/aromatic N) is 1. The quantitative estimate of drug-likeness (QED) is 0.906. The summed E-state index contributed by atoms with van der Waals surface area (Å²) >= 11 is 1.03. The van der Waals surface area contributed by atoms with Crippen LogP contribution in [0.1, 0.15) is 38.6 Å². The molecule has 0 saturated carbocycles. The normalized spacial score (nSPS) is 16.1. The number of hydrogen-bond acceptors (Lipinski definition) is 4. The average Bonchev–Trinajstić information content (AvgIpc) is 2.95. The Bertz CT molecular complexity index is 479. The van der Waals surface area contributed by atoms with Crippen molar-refractivity contribution in [1.29, 1.82) is 0 Å². The summed E-state index contributed by atoms with van der Waals surface area (Å²) in [4.78, 5) is 25.3. The molecule has 1 N–H and O–H groups in total. The third-order valence-electron chi connectivity index (χ3n) is 3.59. The second-order valence-corrected chi connectivity index (χ2v) is 6.12. The Morgan fingerprint density at radius 1 is 1.35 bits per heavy atom. The minimum atomic E-state index is -0.987. The highest BCUT2D eigenvalue weighted by Crippen LogP contribution is 2.21. The Morgan fingerprint density at radius 2 is 2.00 bits per heavy atom. The Labute approximate surface area is 122 Å². The monoisotopic (exact) mass is 297 g/mol. The third kappa shape index (κ3) is 3.80. The Morgan fingerprint density at radius 3 is 2.60 bits per heavy atom. The van der Waals surface area contributed by atoms with Crippen LogP contribution in [0.25, 0.3) is 0 Å². The summed E-state index contributed by atoms with van der Waals surface area (Å²) in [6, 6.07) is 3.06. The van der Waals surface area contributed by atoms with Crippen molar-refractivity contribution in [2.45, 2.75) is 19.3 Å². The van der Waals surface area contributed by atoms with E-state index in [0.717, 1.165) is 43.8 Å². The first-order valence-electron chi connectivity index (χ1n) is 6.74. The van der Waals surface area contributed by atoms with Crippen LogP contribution in [0.4, 0.5) is 0 Å². The van der Waals surface area contributed by atoms with Gasteiger partial charge >= 0.3 is 5.97 Å². The van der Waals surface area contributed by atoms with Gasteiger partial charge in [0.25, 0.3) is 5.91 Å². The molecule has 1 aliphatic heterocycles. The summed E-state index contributed by atoms with van der Waals surface area (Å²) in [5.74, 6) is -0.467. The standard InChI is InChI=1S/C14H19NO4S/c1-15(7-4-10-5-8-19-9-6-10)13(16)11-2-3-12(20-11)14(17)18/h2-3,10H,4-9H2,1H3,(H,17,18). The average molecular weight is 297 g/mol. The molecule has 2 rings (SSSR count). The highest BCUT2D eigenvalue weighted by atomic mass is 32.1. The van der Waals surface area contributed by atoms with Crippen LogP contribution in [0, 0.1) is 5.92 Å². The fraction of sp³-hybridized carbons (Fsp3) is 0.571. The van der Waals surface area contributed by atoms with Gasteiger partial charge in [0.1, 0.15) is 4.88 Å². The molecule has 1 fully saturated rings. The van der Waals surface area contributed by atoms with Gasteiger partial charge in [-0.3, -0.25) is 4.79 Å². The van der Waals surface area contributed by atoms with Crippen LogP contribution in [0.2, 0.25) is 0 Å². The number of carbonyl (C=O) groups excluding carboxylic acids is 1. The summed E-state index contributed by atoms with van der Waals surface area (Å²) in [5.41, 5.74) is 0. The van der Waals surface area contributed by atoms with Gasteiger partial charge in [-0.25, -0.2) is 4.79 Å². The van der Waals surface area contributed by atoms with E-state index in [2.05, 4.69) is 0 Å². The van der Waals surface area contributed by atoms with Crippen LogP contribution in [0.3, 0.4) is 0 Å². The molecule has 1 aliphatic rings. The highest BCUT2D eigenvalue weighted by molar-refractivity contribution is 7.15. The fourth-order valence-corrected chi connectivity index (χ4v) is 3.11. The topological polar surface area (TPSA) is 66.8 Å². The minimum absolute atomic E-state index is 0.102. The number of aromatic carboxylic acids is 1. The van der Waals surface area contributed by atoms with Gasteiger partial charge in [-0.05, 0) is 37.3 Å². The van der Waals surface area contributed by atoms with Crippen molar-refractivity contribution in [3.05, 3.63) is 21.9 Å². The van der Waals surface area contributed by atoms with Crippen LogP contribution in [-0.2, 0) is 4.74 Å². The van der Waals surface area contributed by atoms with Crippen LogP contribution in [0.5, 0.6) is 0 Å². The van der Waals surface area contributed by atoms with Crippen molar-refractivity contribution in [1.82, 2.24) is 4.90 Å². The molecule has 1 aromatic rings. The minimum Gasteiger partial charge on any atom is -0.477 e. The van der Waals surface area contributed by atoms with Gasteiger partial charge in [-0.15, -0.1) is 11.3 Å². The van der Waals surface area contributed by atoms with Crippen molar-refractivity contribution in [2.75, 3.05) is 26.8 Å². The highest BCUT2D eigenvalue weighted by Gasteiger charge is 2.19. The molecule has 110 valence electrons. The van der Waals surface area contributed by atoms with E-state index in [0.29, 0.717) is 17.3 Å². The van der Waals surface area contributed by atoms with Gasteiger partial charge in [0, 0.05) is 26.8 Å². The molecule has 0 aromatic carbocycles. The van der Waals surface area contributed by atoms with E-state index in [1.165, 1.54) is 6.07 Å².